The molecule has 1 fully saturated rings. The smallest absolute Gasteiger partial charge is 0.123 e. The molecule has 0 aliphatic heterocycles. The zero-order valence-corrected chi connectivity index (χ0v) is 13.1. The SMILES string of the molecule is CCOc1cccc(OC2CC(NC)C2(CC)CC)c1. The standard InChI is InChI=1S/C17H27NO2/c1-5-17(6-2)15(18-4)12-16(17)20-14-10-8-9-13(11-14)19-7-3/h8-11,15-16,18H,5-7,12H2,1-4H3. The zero-order chi connectivity index (χ0) is 14.6. The molecule has 1 saturated carbocycles. The van der Waals surface area contributed by atoms with Crippen LogP contribution in [0.3, 0.4) is 0 Å². The van der Waals surface area contributed by atoms with Crippen LogP contribution >= 0.6 is 0 Å². The summed E-state index contributed by atoms with van der Waals surface area (Å²) in [6.07, 6.45) is 3.67. The molecule has 20 heavy (non-hydrogen) atoms. The lowest BCUT2D eigenvalue weighted by Gasteiger charge is -2.55. The van der Waals surface area contributed by atoms with Gasteiger partial charge < -0.3 is 14.8 Å². The Balaban J connectivity index is 2.08. The van der Waals surface area contributed by atoms with Crippen LogP contribution in [0.15, 0.2) is 24.3 Å². The maximum atomic E-state index is 6.25. The first kappa shape index (κ1) is 15.2. The van der Waals surface area contributed by atoms with Gasteiger partial charge in [-0.05, 0) is 38.9 Å². The molecule has 0 spiro atoms. The van der Waals surface area contributed by atoms with Crippen LogP contribution in [0.4, 0.5) is 0 Å². The molecule has 1 N–H and O–H groups in total. The van der Waals surface area contributed by atoms with Gasteiger partial charge in [-0.1, -0.05) is 19.9 Å². The van der Waals surface area contributed by atoms with Crippen molar-refractivity contribution < 1.29 is 9.47 Å². The van der Waals surface area contributed by atoms with Crippen molar-refractivity contribution in [2.45, 2.75) is 52.2 Å². The summed E-state index contributed by atoms with van der Waals surface area (Å²) in [6.45, 7) is 7.21. The molecule has 0 saturated heterocycles. The summed E-state index contributed by atoms with van der Waals surface area (Å²) in [5.74, 6) is 1.80. The van der Waals surface area contributed by atoms with Crippen molar-refractivity contribution in [3.8, 4) is 11.5 Å². The molecule has 3 nitrogen and oxygen atoms in total. The van der Waals surface area contributed by atoms with Crippen LogP contribution in [0, 0.1) is 5.41 Å². The second-order valence-electron chi connectivity index (χ2n) is 5.53. The minimum Gasteiger partial charge on any atom is -0.494 e. The molecule has 2 atom stereocenters. The van der Waals surface area contributed by atoms with Crippen molar-refractivity contribution >= 4 is 0 Å². The van der Waals surface area contributed by atoms with E-state index in [0.29, 0.717) is 18.8 Å². The fraction of sp³-hybridized carbons (Fsp3) is 0.647. The van der Waals surface area contributed by atoms with Crippen LogP contribution in [0.5, 0.6) is 11.5 Å². The third-order valence-electron chi connectivity index (χ3n) is 4.84. The first-order valence-electron chi connectivity index (χ1n) is 7.76. The third kappa shape index (κ3) is 2.64. The van der Waals surface area contributed by atoms with Crippen LogP contribution < -0.4 is 14.8 Å². The molecule has 0 radical (unpaired) electrons. The molecule has 1 aromatic rings. The van der Waals surface area contributed by atoms with E-state index in [-0.39, 0.29) is 5.41 Å². The molecule has 1 aliphatic rings. The Kier molecular flexibility index (Phi) is 4.92. The maximum Gasteiger partial charge on any atom is 0.123 e. The molecule has 112 valence electrons. The Morgan fingerprint density at radius 3 is 2.50 bits per heavy atom. The molecule has 0 aromatic heterocycles. The van der Waals surface area contributed by atoms with E-state index in [1.54, 1.807) is 0 Å². The number of benzene rings is 1. The first-order chi connectivity index (χ1) is 9.70. The highest BCUT2D eigenvalue weighted by Gasteiger charge is 2.53. The van der Waals surface area contributed by atoms with Gasteiger partial charge in [-0.25, -0.2) is 0 Å². The lowest BCUT2D eigenvalue weighted by molar-refractivity contribution is -0.0836. The monoisotopic (exact) mass is 277 g/mol. The Morgan fingerprint density at radius 1 is 1.20 bits per heavy atom. The van der Waals surface area contributed by atoms with Crippen molar-refractivity contribution in [1.29, 1.82) is 0 Å². The summed E-state index contributed by atoms with van der Waals surface area (Å²) in [4.78, 5) is 0. The number of hydrogen-bond acceptors (Lipinski definition) is 3. The van der Waals surface area contributed by atoms with Gasteiger partial charge in [0.15, 0.2) is 0 Å². The van der Waals surface area contributed by atoms with Crippen LogP contribution in [-0.2, 0) is 0 Å². The fourth-order valence-electron chi connectivity index (χ4n) is 3.48. The zero-order valence-electron chi connectivity index (χ0n) is 13.1. The molecule has 0 amide bonds. The van der Waals surface area contributed by atoms with E-state index in [1.807, 2.05) is 31.2 Å². The molecule has 0 bridgehead atoms. The van der Waals surface area contributed by atoms with Gasteiger partial charge in [0.25, 0.3) is 0 Å². The summed E-state index contributed by atoms with van der Waals surface area (Å²) in [7, 11) is 2.05. The highest BCUT2D eigenvalue weighted by Crippen LogP contribution is 2.48. The summed E-state index contributed by atoms with van der Waals surface area (Å²) < 4.78 is 11.8. The van der Waals surface area contributed by atoms with Crippen LogP contribution in [0.1, 0.15) is 40.0 Å². The predicted octanol–water partition coefficient (Wildman–Crippen LogP) is 3.63. The van der Waals surface area contributed by atoms with E-state index in [2.05, 4.69) is 26.2 Å². The van der Waals surface area contributed by atoms with E-state index < -0.39 is 0 Å². The molecule has 3 heteroatoms. The summed E-state index contributed by atoms with van der Waals surface area (Å²) in [5, 5.41) is 3.44. The van der Waals surface area contributed by atoms with Gasteiger partial charge in [0, 0.05) is 23.9 Å². The Bertz CT molecular complexity index is 429. The Morgan fingerprint density at radius 2 is 1.90 bits per heavy atom. The van der Waals surface area contributed by atoms with Gasteiger partial charge in [-0.15, -0.1) is 0 Å². The van der Waals surface area contributed by atoms with Crippen molar-refractivity contribution in [2.24, 2.45) is 5.41 Å². The third-order valence-corrected chi connectivity index (χ3v) is 4.84. The molecule has 1 aromatic carbocycles. The lowest BCUT2D eigenvalue weighted by atomic mass is 9.58. The fourth-order valence-corrected chi connectivity index (χ4v) is 3.48. The average molecular weight is 277 g/mol. The van der Waals surface area contributed by atoms with Crippen molar-refractivity contribution in [3.63, 3.8) is 0 Å². The largest absolute Gasteiger partial charge is 0.494 e. The van der Waals surface area contributed by atoms with E-state index in [9.17, 15) is 0 Å². The van der Waals surface area contributed by atoms with Gasteiger partial charge in [0.2, 0.25) is 0 Å². The summed E-state index contributed by atoms with van der Waals surface area (Å²) in [6, 6.07) is 8.55. The molecular formula is C17H27NO2. The van der Waals surface area contributed by atoms with E-state index in [0.717, 1.165) is 30.8 Å². The Hall–Kier alpha value is -1.22. The van der Waals surface area contributed by atoms with Crippen LogP contribution in [0.25, 0.3) is 0 Å². The van der Waals surface area contributed by atoms with Crippen LogP contribution in [-0.4, -0.2) is 25.8 Å². The first-order valence-corrected chi connectivity index (χ1v) is 7.76. The molecule has 0 heterocycles. The highest BCUT2D eigenvalue weighted by molar-refractivity contribution is 5.33. The maximum absolute atomic E-state index is 6.25. The van der Waals surface area contributed by atoms with E-state index in [1.165, 1.54) is 0 Å². The van der Waals surface area contributed by atoms with Gasteiger partial charge >= 0.3 is 0 Å². The molecular weight excluding hydrogens is 250 g/mol. The number of nitrogens with one attached hydrogen (secondary N) is 1. The number of hydrogen-bond donors (Lipinski definition) is 1. The van der Waals surface area contributed by atoms with Crippen molar-refractivity contribution in [2.75, 3.05) is 13.7 Å². The van der Waals surface area contributed by atoms with Crippen molar-refractivity contribution in [1.82, 2.24) is 5.32 Å². The van der Waals surface area contributed by atoms with Gasteiger partial charge in [0.05, 0.1) is 6.61 Å². The number of rotatable bonds is 7. The van der Waals surface area contributed by atoms with Gasteiger partial charge in [0.1, 0.15) is 17.6 Å². The average Bonchev–Trinajstić information content (AvgIpc) is 2.45. The second kappa shape index (κ2) is 6.49. The molecule has 1 aliphatic carbocycles. The van der Waals surface area contributed by atoms with Gasteiger partial charge in [-0.3, -0.25) is 0 Å². The van der Waals surface area contributed by atoms with Crippen LogP contribution in [0.2, 0.25) is 0 Å². The quantitative estimate of drug-likeness (QED) is 0.825. The highest BCUT2D eigenvalue weighted by atomic mass is 16.5. The Labute approximate surface area is 122 Å². The summed E-state index contributed by atoms with van der Waals surface area (Å²) >= 11 is 0. The predicted molar refractivity (Wildman–Crippen MR) is 82.5 cm³/mol. The molecule has 2 unspecified atom stereocenters. The van der Waals surface area contributed by atoms with E-state index in [4.69, 9.17) is 9.47 Å². The topological polar surface area (TPSA) is 30.5 Å². The molecule has 2 rings (SSSR count). The van der Waals surface area contributed by atoms with Gasteiger partial charge in [-0.2, -0.15) is 0 Å². The minimum atomic E-state index is 0.260. The van der Waals surface area contributed by atoms with Crippen molar-refractivity contribution in [3.05, 3.63) is 24.3 Å². The second-order valence-corrected chi connectivity index (χ2v) is 5.53. The summed E-state index contributed by atoms with van der Waals surface area (Å²) in [5.41, 5.74) is 0.260. The number of ether oxygens (including phenoxy) is 2. The normalized spacial score (nSPS) is 24.0. The minimum absolute atomic E-state index is 0.260. The van der Waals surface area contributed by atoms with E-state index >= 15 is 0 Å². The lowest BCUT2D eigenvalue weighted by Crippen LogP contribution is -2.63.